The van der Waals surface area contributed by atoms with Crippen molar-refractivity contribution < 1.29 is 14.3 Å². The largest absolute Gasteiger partial charge is 0.497 e. The summed E-state index contributed by atoms with van der Waals surface area (Å²) in [6.45, 7) is 2.31. The maximum absolute atomic E-state index is 12.7. The second kappa shape index (κ2) is 9.64. The Morgan fingerprint density at radius 2 is 1.94 bits per heavy atom. The number of piperidine rings is 1. The summed E-state index contributed by atoms with van der Waals surface area (Å²) in [6, 6.07) is 8.03. The number of amides is 1. The van der Waals surface area contributed by atoms with Crippen LogP contribution in [-0.4, -0.2) is 67.8 Å². The van der Waals surface area contributed by atoms with Crippen molar-refractivity contribution >= 4 is 11.9 Å². The maximum atomic E-state index is 12.7. The third-order valence-corrected chi connectivity index (χ3v) is 6.27. The monoisotopic (exact) mass is 424 g/mol. The van der Waals surface area contributed by atoms with Crippen LogP contribution in [0.25, 0.3) is 11.1 Å². The molecule has 0 bridgehead atoms. The third-order valence-electron chi connectivity index (χ3n) is 6.27. The van der Waals surface area contributed by atoms with Gasteiger partial charge in [-0.25, -0.2) is 9.97 Å². The Kier molecular flexibility index (Phi) is 6.70. The van der Waals surface area contributed by atoms with Crippen molar-refractivity contribution in [3.63, 3.8) is 0 Å². The molecule has 2 aliphatic rings. The van der Waals surface area contributed by atoms with Gasteiger partial charge in [0.05, 0.1) is 25.3 Å². The van der Waals surface area contributed by atoms with Gasteiger partial charge in [0.2, 0.25) is 11.9 Å². The number of hydrogen-bond acceptors (Lipinski definition) is 6. The Morgan fingerprint density at radius 1 is 1.19 bits per heavy atom. The number of likely N-dealkylation sites (tertiary alicyclic amines) is 1. The molecule has 1 unspecified atom stereocenters. The van der Waals surface area contributed by atoms with E-state index in [4.69, 9.17) is 14.5 Å². The first-order valence-electron chi connectivity index (χ1n) is 11.1. The van der Waals surface area contributed by atoms with Crippen LogP contribution < -0.4 is 9.64 Å². The minimum Gasteiger partial charge on any atom is -0.497 e. The van der Waals surface area contributed by atoms with Gasteiger partial charge in [0.15, 0.2) is 0 Å². The Morgan fingerprint density at radius 3 is 2.55 bits per heavy atom. The first kappa shape index (κ1) is 21.6. The number of aromatic nitrogens is 2. The number of ether oxygens (including phenoxy) is 2. The van der Waals surface area contributed by atoms with Crippen LogP contribution in [-0.2, 0) is 9.53 Å². The molecular weight excluding hydrogens is 392 g/mol. The minimum atomic E-state index is 0.108. The van der Waals surface area contributed by atoms with Crippen molar-refractivity contribution in [1.29, 1.82) is 0 Å². The molecule has 1 amide bonds. The molecule has 0 saturated carbocycles. The third kappa shape index (κ3) is 4.98. The van der Waals surface area contributed by atoms with E-state index in [-0.39, 0.29) is 12.0 Å². The maximum Gasteiger partial charge on any atom is 0.225 e. The molecule has 2 fully saturated rings. The van der Waals surface area contributed by atoms with E-state index in [9.17, 15) is 4.79 Å². The average Bonchev–Trinajstić information content (AvgIpc) is 3.32. The van der Waals surface area contributed by atoms with Crippen LogP contribution in [0.1, 0.15) is 43.7 Å². The second-order valence-electron chi connectivity index (χ2n) is 8.59. The second-order valence-corrected chi connectivity index (χ2v) is 8.59. The number of benzene rings is 1. The highest BCUT2D eigenvalue weighted by molar-refractivity contribution is 5.77. The van der Waals surface area contributed by atoms with Gasteiger partial charge in [-0.2, -0.15) is 0 Å². The fraction of sp³-hybridized carbons (Fsp3) is 0.542. The lowest BCUT2D eigenvalue weighted by Crippen LogP contribution is -2.39. The lowest BCUT2D eigenvalue weighted by atomic mass is 9.88. The summed E-state index contributed by atoms with van der Waals surface area (Å²) >= 11 is 0. The van der Waals surface area contributed by atoms with E-state index in [1.807, 2.05) is 42.2 Å². The van der Waals surface area contributed by atoms with Gasteiger partial charge in [-0.05, 0) is 43.4 Å². The van der Waals surface area contributed by atoms with E-state index < -0.39 is 0 Å². The Bertz CT molecular complexity index is 886. The van der Waals surface area contributed by atoms with Crippen molar-refractivity contribution in [2.24, 2.45) is 0 Å². The zero-order valence-electron chi connectivity index (χ0n) is 18.7. The molecule has 7 nitrogen and oxygen atoms in total. The van der Waals surface area contributed by atoms with E-state index in [2.05, 4.69) is 17.1 Å². The average molecular weight is 425 g/mol. The molecular formula is C24H32N4O3. The molecule has 1 atom stereocenters. The zero-order valence-corrected chi connectivity index (χ0v) is 18.7. The normalized spacial score (nSPS) is 19.5. The molecule has 0 aliphatic carbocycles. The summed E-state index contributed by atoms with van der Waals surface area (Å²) in [6.07, 6.45) is 6.43. The van der Waals surface area contributed by atoms with E-state index in [0.29, 0.717) is 18.3 Å². The molecule has 3 heterocycles. The molecule has 1 aromatic carbocycles. The molecule has 7 heteroatoms. The summed E-state index contributed by atoms with van der Waals surface area (Å²) in [4.78, 5) is 26.1. The Labute approximate surface area is 184 Å². The van der Waals surface area contributed by atoms with Gasteiger partial charge in [0, 0.05) is 51.5 Å². The van der Waals surface area contributed by atoms with Gasteiger partial charge in [0.25, 0.3) is 0 Å². The molecule has 2 aromatic rings. The highest BCUT2D eigenvalue weighted by atomic mass is 16.5. The standard InChI is InChI=1S/C24H32N4O3/c1-27(2)24-25-16-21(17-6-8-19(30-3)9-7-17)23(26-24)18-10-12-28(13-11-18)22(29)15-20-5-4-14-31-20/h6-9,16,18,20H,4-5,10-15H2,1-3H3. The molecule has 0 N–H and O–H groups in total. The highest BCUT2D eigenvalue weighted by Crippen LogP contribution is 2.35. The van der Waals surface area contributed by atoms with Gasteiger partial charge in [-0.3, -0.25) is 4.79 Å². The quantitative estimate of drug-likeness (QED) is 0.707. The van der Waals surface area contributed by atoms with Gasteiger partial charge < -0.3 is 19.3 Å². The SMILES string of the molecule is COc1ccc(-c2cnc(N(C)C)nc2C2CCN(C(=O)CC3CCCO3)CC2)cc1. The van der Waals surface area contributed by atoms with E-state index in [1.54, 1.807) is 7.11 Å². The Hall–Kier alpha value is -2.67. The van der Waals surface area contributed by atoms with Crippen LogP contribution in [0.3, 0.4) is 0 Å². The van der Waals surface area contributed by atoms with Crippen LogP contribution >= 0.6 is 0 Å². The Balaban J connectivity index is 1.51. The summed E-state index contributed by atoms with van der Waals surface area (Å²) in [5.41, 5.74) is 3.20. The number of rotatable bonds is 6. The van der Waals surface area contributed by atoms with Crippen molar-refractivity contribution in [3.8, 4) is 16.9 Å². The number of hydrogen-bond donors (Lipinski definition) is 0. The van der Waals surface area contributed by atoms with Crippen molar-refractivity contribution in [1.82, 2.24) is 14.9 Å². The predicted octanol–water partition coefficient (Wildman–Crippen LogP) is 3.49. The highest BCUT2D eigenvalue weighted by Gasteiger charge is 2.29. The van der Waals surface area contributed by atoms with Crippen LogP contribution in [0.2, 0.25) is 0 Å². The molecule has 31 heavy (non-hydrogen) atoms. The van der Waals surface area contributed by atoms with Gasteiger partial charge >= 0.3 is 0 Å². The number of anilines is 1. The number of nitrogens with zero attached hydrogens (tertiary/aromatic N) is 4. The molecule has 166 valence electrons. The van der Waals surface area contributed by atoms with Crippen molar-refractivity contribution in [3.05, 3.63) is 36.2 Å². The van der Waals surface area contributed by atoms with Gasteiger partial charge in [0.1, 0.15) is 5.75 Å². The summed E-state index contributed by atoms with van der Waals surface area (Å²) < 4.78 is 10.9. The molecule has 2 aliphatic heterocycles. The van der Waals surface area contributed by atoms with E-state index in [1.165, 1.54) is 0 Å². The molecule has 1 aromatic heterocycles. The van der Waals surface area contributed by atoms with Crippen molar-refractivity contribution in [2.75, 3.05) is 45.8 Å². The number of carbonyl (C=O) groups excluding carboxylic acids is 1. The smallest absolute Gasteiger partial charge is 0.225 e. The first-order chi connectivity index (χ1) is 15.0. The van der Waals surface area contributed by atoms with Crippen LogP contribution in [0.15, 0.2) is 30.5 Å². The van der Waals surface area contributed by atoms with Crippen molar-refractivity contribution in [2.45, 2.75) is 44.1 Å². The van der Waals surface area contributed by atoms with Crippen LogP contribution in [0.5, 0.6) is 5.75 Å². The molecule has 0 spiro atoms. The fourth-order valence-electron chi connectivity index (χ4n) is 4.44. The lowest BCUT2D eigenvalue weighted by Gasteiger charge is -2.33. The zero-order chi connectivity index (χ0) is 21.8. The number of methoxy groups -OCH3 is 1. The van der Waals surface area contributed by atoms with E-state index in [0.717, 1.165) is 68.0 Å². The predicted molar refractivity (Wildman–Crippen MR) is 120 cm³/mol. The van der Waals surface area contributed by atoms with E-state index >= 15 is 0 Å². The fourth-order valence-corrected chi connectivity index (χ4v) is 4.44. The van der Waals surface area contributed by atoms with Gasteiger partial charge in [-0.15, -0.1) is 0 Å². The summed E-state index contributed by atoms with van der Waals surface area (Å²) in [7, 11) is 5.58. The lowest BCUT2D eigenvalue weighted by molar-refractivity contribution is -0.134. The summed E-state index contributed by atoms with van der Waals surface area (Å²) in [5.74, 6) is 2.06. The van der Waals surface area contributed by atoms with Gasteiger partial charge in [-0.1, -0.05) is 12.1 Å². The first-order valence-corrected chi connectivity index (χ1v) is 11.1. The molecule has 2 saturated heterocycles. The minimum absolute atomic E-state index is 0.108. The molecule has 0 radical (unpaired) electrons. The van der Waals surface area contributed by atoms with Crippen LogP contribution in [0.4, 0.5) is 5.95 Å². The molecule has 4 rings (SSSR count). The van der Waals surface area contributed by atoms with Crippen LogP contribution in [0, 0.1) is 0 Å². The number of carbonyl (C=O) groups is 1. The topological polar surface area (TPSA) is 67.8 Å². The summed E-state index contributed by atoms with van der Waals surface area (Å²) in [5, 5.41) is 0.